The Kier molecular flexibility index (Phi) is 5.31. The van der Waals surface area contributed by atoms with Gasteiger partial charge in [0.05, 0.1) is 24.6 Å². The minimum atomic E-state index is -0.125. The number of aromatic nitrogens is 2. The average Bonchev–Trinajstić information content (AvgIpc) is 3.04. The van der Waals surface area contributed by atoms with E-state index < -0.39 is 0 Å². The molecular formula is C20H21N3O3. The highest BCUT2D eigenvalue weighted by atomic mass is 16.5. The lowest BCUT2D eigenvalue weighted by atomic mass is 10.0. The number of hydrogen-bond donors (Lipinski definition) is 2. The van der Waals surface area contributed by atoms with Crippen molar-refractivity contribution in [2.24, 2.45) is 0 Å². The number of aromatic amines is 1. The average molecular weight is 351 g/mol. The zero-order chi connectivity index (χ0) is 18.5. The number of rotatable bonds is 7. The Bertz CT molecular complexity index is 913. The zero-order valence-electron chi connectivity index (χ0n) is 14.8. The molecule has 2 N–H and O–H groups in total. The monoisotopic (exact) mass is 351 g/mol. The maximum atomic E-state index is 12.2. The summed E-state index contributed by atoms with van der Waals surface area (Å²) < 4.78 is 5.28. The number of methoxy groups -OCH3 is 1. The van der Waals surface area contributed by atoms with Crippen molar-refractivity contribution in [1.29, 1.82) is 0 Å². The van der Waals surface area contributed by atoms with E-state index >= 15 is 0 Å². The fourth-order valence-corrected chi connectivity index (χ4v) is 2.82. The van der Waals surface area contributed by atoms with Crippen LogP contribution in [0, 0.1) is 0 Å². The van der Waals surface area contributed by atoms with Crippen LogP contribution < -0.4 is 10.1 Å². The van der Waals surface area contributed by atoms with E-state index in [-0.39, 0.29) is 18.1 Å². The molecule has 1 amide bonds. The van der Waals surface area contributed by atoms with E-state index in [0.29, 0.717) is 29.8 Å². The second-order valence-corrected chi connectivity index (χ2v) is 6.06. The van der Waals surface area contributed by atoms with E-state index in [1.807, 2.05) is 24.3 Å². The van der Waals surface area contributed by atoms with Crippen molar-refractivity contribution in [3.05, 3.63) is 59.4 Å². The van der Waals surface area contributed by atoms with Crippen LogP contribution in [0.25, 0.3) is 11.0 Å². The Balaban J connectivity index is 1.58. The lowest BCUT2D eigenvalue weighted by molar-refractivity contribution is -0.120. The number of carbonyl (C=O) groups is 2. The third-order valence-electron chi connectivity index (χ3n) is 4.16. The molecule has 2 aromatic carbocycles. The molecule has 6 nitrogen and oxygen atoms in total. The number of ketones is 1. The number of para-hydroxylation sites is 2. The number of nitrogens with zero attached hydrogens (tertiary/aromatic N) is 1. The Morgan fingerprint density at radius 2 is 2.00 bits per heavy atom. The maximum absolute atomic E-state index is 12.2. The molecule has 0 aliphatic heterocycles. The number of ether oxygens (including phenoxy) is 1. The molecule has 0 fully saturated rings. The summed E-state index contributed by atoms with van der Waals surface area (Å²) >= 11 is 0. The molecule has 0 spiro atoms. The van der Waals surface area contributed by atoms with E-state index in [4.69, 9.17) is 4.74 Å². The van der Waals surface area contributed by atoms with Crippen molar-refractivity contribution < 1.29 is 14.3 Å². The van der Waals surface area contributed by atoms with Gasteiger partial charge in [-0.05, 0) is 37.3 Å². The van der Waals surface area contributed by atoms with Crippen LogP contribution in [0.3, 0.4) is 0 Å². The van der Waals surface area contributed by atoms with Crippen molar-refractivity contribution in [1.82, 2.24) is 15.3 Å². The highest BCUT2D eigenvalue weighted by molar-refractivity contribution is 5.94. The first kappa shape index (κ1) is 17.7. The third kappa shape index (κ3) is 4.08. The Labute approximate surface area is 151 Å². The molecule has 0 bridgehead atoms. The van der Waals surface area contributed by atoms with Crippen molar-refractivity contribution in [2.75, 3.05) is 13.7 Å². The second kappa shape index (κ2) is 7.82. The van der Waals surface area contributed by atoms with Gasteiger partial charge in [-0.15, -0.1) is 0 Å². The molecule has 1 aromatic heterocycles. The van der Waals surface area contributed by atoms with E-state index in [2.05, 4.69) is 15.3 Å². The van der Waals surface area contributed by atoms with Crippen molar-refractivity contribution in [2.45, 2.75) is 19.8 Å². The number of fused-ring (bicyclic) bond motifs is 1. The predicted molar refractivity (Wildman–Crippen MR) is 99.5 cm³/mol. The molecule has 1 heterocycles. The predicted octanol–water partition coefficient (Wildman–Crippen LogP) is 2.68. The van der Waals surface area contributed by atoms with Gasteiger partial charge < -0.3 is 15.0 Å². The van der Waals surface area contributed by atoms with Gasteiger partial charge in [0.15, 0.2) is 5.78 Å². The first-order valence-corrected chi connectivity index (χ1v) is 8.45. The van der Waals surface area contributed by atoms with E-state index in [1.165, 1.54) is 6.92 Å². The molecule has 26 heavy (non-hydrogen) atoms. The number of benzene rings is 2. The summed E-state index contributed by atoms with van der Waals surface area (Å²) in [6, 6.07) is 12.9. The number of Topliss-reactive ketones (excluding diaryl/α,β-unsaturated/α-hetero) is 1. The molecule has 0 radical (unpaired) electrons. The van der Waals surface area contributed by atoms with Crippen LogP contribution in [-0.4, -0.2) is 35.3 Å². The highest BCUT2D eigenvalue weighted by Crippen LogP contribution is 2.21. The van der Waals surface area contributed by atoms with Gasteiger partial charge in [-0.2, -0.15) is 0 Å². The van der Waals surface area contributed by atoms with E-state index in [0.717, 1.165) is 16.9 Å². The first-order chi connectivity index (χ1) is 12.6. The summed E-state index contributed by atoms with van der Waals surface area (Å²) in [4.78, 5) is 31.5. The number of carbonyl (C=O) groups excluding carboxylic acids is 2. The van der Waals surface area contributed by atoms with Gasteiger partial charge in [0.25, 0.3) is 0 Å². The van der Waals surface area contributed by atoms with Crippen molar-refractivity contribution in [3.8, 4) is 5.75 Å². The smallest absolute Gasteiger partial charge is 0.224 e. The van der Waals surface area contributed by atoms with Crippen LogP contribution in [-0.2, 0) is 17.6 Å². The topological polar surface area (TPSA) is 84.1 Å². The number of nitrogens with one attached hydrogen (secondary N) is 2. The standard InChI is InChI=1S/C20H21N3O3/c1-13(24)14-7-8-18(26-2)15(11-14)12-20(25)21-10-9-19-22-16-5-3-4-6-17(16)23-19/h3-8,11H,9-10,12H2,1-2H3,(H,21,25)(H,22,23). The van der Waals surface area contributed by atoms with E-state index in [1.54, 1.807) is 25.3 Å². The van der Waals surface area contributed by atoms with Crippen LogP contribution in [0.15, 0.2) is 42.5 Å². The third-order valence-corrected chi connectivity index (χ3v) is 4.16. The maximum Gasteiger partial charge on any atom is 0.224 e. The number of hydrogen-bond acceptors (Lipinski definition) is 4. The lowest BCUT2D eigenvalue weighted by Crippen LogP contribution is -2.27. The van der Waals surface area contributed by atoms with Crippen molar-refractivity contribution in [3.63, 3.8) is 0 Å². The fraction of sp³-hybridized carbons (Fsp3) is 0.250. The van der Waals surface area contributed by atoms with Crippen LogP contribution >= 0.6 is 0 Å². The molecule has 0 aliphatic rings. The van der Waals surface area contributed by atoms with Gasteiger partial charge in [0.2, 0.25) is 5.91 Å². The molecule has 3 aromatic rings. The molecule has 0 aliphatic carbocycles. The largest absolute Gasteiger partial charge is 0.496 e. The Morgan fingerprint density at radius 1 is 1.19 bits per heavy atom. The molecular weight excluding hydrogens is 330 g/mol. The fourth-order valence-electron chi connectivity index (χ4n) is 2.82. The quantitative estimate of drug-likeness (QED) is 0.641. The second-order valence-electron chi connectivity index (χ2n) is 6.06. The summed E-state index contributed by atoms with van der Waals surface area (Å²) in [6.07, 6.45) is 0.773. The molecule has 0 unspecified atom stereocenters. The highest BCUT2D eigenvalue weighted by Gasteiger charge is 2.11. The molecule has 0 saturated heterocycles. The van der Waals surface area contributed by atoms with Gasteiger partial charge in [0.1, 0.15) is 11.6 Å². The van der Waals surface area contributed by atoms with Gasteiger partial charge in [0, 0.05) is 24.1 Å². The summed E-state index contributed by atoms with van der Waals surface area (Å²) in [7, 11) is 1.55. The Hall–Kier alpha value is -3.15. The van der Waals surface area contributed by atoms with Crippen LogP contribution in [0.2, 0.25) is 0 Å². The SMILES string of the molecule is COc1ccc(C(C)=O)cc1CC(=O)NCCc1nc2ccccc2[nH]1. The van der Waals surface area contributed by atoms with Crippen molar-refractivity contribution >= 4 is 22.7 Å². The Morgan fingerprint density at radius 3 is 2.73 bits per heavy atom. The van der Waals surface area contributed by atoms with Gasteiger partial charge >= 0.3 is 0 Å². The zero-order valence-corrected chi connectivity index (χ0v) is 14.8. The minimum absolute atomic E-state index is 0.0424. The first-order valence-electron chi connectivity index (χ1n) is 8.45. The minimum Gasteiger partial charge on any atom is -0.496 e. The normalized spacial score (nSPS) is 10.7. The lowest BCUT2D eigenvalue weighted by Gasteiger charge is -2.10. The number of H-pyrrole nitrogens is 1. The molecule has 134 valence electrons. The summed E-state index contributed by atoms with van der Waals surface area (Å²) in [5.41, 5.74) is 3.16. The van der Waals surface area contributed by atoms with Crippen LogP contribution in [0.1, 0.15) is 28.7 Å². The number of imidazole rings is 1. The van der Waals surface area contributed by atoms with Gasteiger partial charge in [-0.25, -0.2) is 4.98 Å². The molecule has 0 atom stereocenters. The van der Waals surface area contributed by atoms with E-state index in [9.17, 15) is 9.59 Å². The summed E-state index contributed by atoms with van der Waals surface area (Å²) in [5.74, 6) is 1.27. The van der Waals surface area contributed by atoms with Crippen LogP contribution in [0.4, 0.5) is 0 Å². The van der Waals surface area contributed by atoms with Gasteiger partial charge in [-0.1, -0.05) is 12.1 Å². The van der Waals surface area contributed by atoms with Crippen LogP contribution in [0.5, 0.6) is 5.75 Å². The molecule has 0 saturated carbocycles. The summed E-state index contributed by atoms with van der Waals surface area (Å²) in [5, 5.41) is 2.88. The number of amides is 1. The van der Waals surface area contributed by atoms with Gasteiger partial charge in [-0.3, -0.25) is 9.59 Å². The molecule has 3 rings (SSSR count). The molecule has 6 heteroatoms. The summed E-state index contributed by atoms with van der Waals surface area (Å²) in [6.45, 7) is 1.98.